The van der Waals surface area contributed by atoms with Gasteiger partial charge in [0.2, 0.25) is 0 Å². The second-order valence-corrected chi connectivity index (χ2v) is 3.39. The molecule has 0 aliphatic carbocycles. The summed E-state index contributed by atoms with van der Waals surface area (Å²) in [5.41, 5.74) is 8.41. The topological polar surface area (TPSA) is 64.1 Å². The van der Waals surface area contributed by atoms with E-state index in [1.165, 1.54) is 6.20 Å². The summed E-state index contributed by atoms with van der Waals surface area (Å²) < 4.78 is 0. The molecule has 3 N–H and O–H groups in total. The second-order valence-electron chi connectivity index (χ2n) is 3.39. The first-order valence-corrected chi connectivity index (χ1v) is 4.80. The van der Waals surface area contributed by atoms with E-state index in [1.54, 1.807) is 0 Å². The molecule has 0 bridgehead atoms. The molecule has 2 aromatic rings. The third-order valence-corrected chi connectivity index (χ3v) is 2.30. The fourth-order valence-corrected chi connectivity index (χ4v) is 1.54. The van der Waals surface area contributed by atoms with Crippen molar-refractivity contribution in [3.05, 3.63) is 53.3 Å². The van der Waals surface area contributed by atoms with Gasteiger partial charge in [-0.15, -0.1) is 26.9 Å². The predicted molar refractivity (Wildman–Crippen MR) is 66.9 cm³/mol. The van der Waals surface area contributed by atoms with Gasteiger partial charge in [0.05, 0.1) is 11.9 Å². The summed E-state index contributed by atoms with van der Waals surface area (Å²) in [5.74, 6) is 0. The van der Waals surface area contributed by atoms with Crippen LogP contribution in [0.25, 0.3) is 0 Å². The molecule has 0 saturated carbocycles. The van der Waals surface area contributed by atoms with Gasteiger partial charge in [-0.2, -0.15) is 0 Å². The summed E-state index contributed by atoms with van der Waals surface area (Å²) in [6, 6.07) is 9.98. The van der Waals surface area contributed by atoms with Crippen LogP contribution in [0.2, 0.25) is 0 Å². The Morgan fingerprint density at radius 2 is 1.94 bits per heavy atom. The first-order chi connectivity index (χ1) is 7.29. The lowest BCUT2D eigenvalue weighted by Crippen LogP contribution is -2.00. The molecule has 4 nitrogen and oxygen atoms in total. The second kappa shape index (κ2) is 5.67. The molecule has 1 aromatic heterocycles. The Labute approximate surface area is 104 Å². The molecule has 1 aromatic carbocycles. The van der Waals surface area contributed by atoms with Crippen molar-refractivity contribution < 1.29 is 5.21 Å². The van der Waals surface area contributed by atoms with E-state index in [0.29, 0.717) is 13.0 Å². The molecule has 0 saturated heterocycles. The van der Waals surface area contributed by atoms with Crippen LogP contribution in [0.5, 0.6) is 0 Å². The van der Waals surface area contributed by atoms with E-state index in [0.717, 1.165) is 21.7 Å². The zero-order valence-electron chi connectivity index (χ0n) is 8.71. The van der Waals surface area contributed by atoms with E-state index < -0.39 is 0 Å². The van der Waals surface area contributed by atoms with Gasteiger partial charge in [0.15, 0.2) is 0 Å². The first-order valence-electron chi connectivity index (χ1n) is 4.80. The molecule has 5 heteroatoms. The van der Waals surface area contributed by atoms with Crippen LogP contribution >= 0.6 is 17.0 Å². The summed E-state index contributed by atoms with van der Waals surface area (Å²) in [4.78, 5) is 0.820. The van der Waals surface area contributed by atoms with E-state index in [9.17, 15) is 5.21 Å². The average molecular weight is 284 g/mol. The highest BCUT2D eigenvalue weighted by Crippen LogP contribution is 2.11. The van der Waals surface area contributed by atoms with Gasteiger partial charge in [0.25, 0.3) is 0 Å². The highest BCUT2D eigenvalue weighted by Gasteiger charge is 2.07. The third kappa shape index (κ3) is 2.84. The molecule has 1 heterocycles. The molecule has 0 fully saturated rings. The zero-order valence-corrected chi connectivity index (χ0v) is 10.4. The van der Waals surface area contributed by atoms with Crippen molar-refractivity contribution in [1.29, 1.82) is 0 Å². The molecule has 2 rings (SSSR count). The first kappa shape index (κ1) is 12.7. The maximum absolute atomic E-state index is 9.19. The summed E-state index contributed by atoms with van der Waals surface area (Å²) in [6.45, 7) is 0.392. The quantitative estimate of drug-likeness (QED) is 0.844. The Morgan fingerprint density at radius 1 is 1.25 bits per heavy atom. The lowest BCUT2D eigenvalue weighted by atomic mass is 10.1. The predicted octanol–water partition coefficient (Wildman–Crippen LogP) is 1.75. The summed E-state index contributed by atoms with van der Waals surface area (Å²) in [5, 5.41) is 13.2. The van der Waals surface area contributed by atoms with E-state index >= 15 is 0 Å². The van der Waals surface area contributed by atoms with Crippen LogP contribution < -0.4 is 5.73 Å². The highest BCUT2D eigenvalue weighted by atomic mass is 79.9. The summed E-state index contributed by atoms with van der Waals surface area (Å²) in [7, 11) is 0. The molecule has 86 valence electrons. The molecule has 0 aliphatic heterocycles. The Kier molecular flexibility index (Phi) is 4.52. The van der Waals surface area contributed by atoms with Crippen LogP contribution in [0.4, 0.5) is 0 Å². The summed E-state index contributed by atoms with van der Waals surface area (Å²) >= 11 is 0. The van der Waals surface area contributed by atoms with Crippen molar-refractivity contribution in [2.24, 2.45) is 5.73 Å². The number of benzene rings is 1. The average Bonchev–Trinajstić information content (AvgIpc) is 2.60. The van der Waals surface area contributed by atoms with Gasteiger partial charge in [-0.05, 0) is 5.56 Å². The summed E-state index contributed by atoms with van der Waals surface area (Å²) in [6.07, 6.45) is 2.24. The van der Waals surface area contributed by atoms with Crippen molar-refractivity contribution in [3.63, 3.8) is 0 Å². The van der Waals surface area contributed by atoms with Gasteiger partial charge in [-0.25, -0.2) is 0 Å². The van der Waals surface area contributed by atoms with E-state index in [1.807, 2.05) is 30.3 Å². The number of halogens is 1. The van der Waals surface area contributed by atoms with Crippen LogP contribution in [0.3, 0.4) is 0 Å². The van der Waals surface area contributed by atoms with E-state index in [4.69, 9.17) is 5.73 Å². The Morgan fingerprint density at radius 3 is 2.56 bits per heavy atom. The molecule has 0 radical (unpaired) electrons. The lowest BCUT2D eigenvalue weighted by Gasteiger charge is -1.99. The number of hydrogen-bond donors (Lipinski definition) is 2. The van der Waals surface area contributed by atoms with Crippen LogP contribution in [0.1, 0.15) is 16.8 Å². The standard InChI is InChI=1S/C11H13N3O.BrH/c12-7-10-8-14(15)13-11(10)6-9-4-2-1-3-5-9;/h1-5,8,15H,6-7,12H2;1H. The zero-order chi connectivity index (χ0) is 10.7. The normalized spacial score (nSPS) is 9.81. The van der Waals surface area contributed by atoms with Crippen LogP contribution in [0, 0.1) is 0 Å². The minimum absolute atomic E-state index is 0. The number of nitrogens with zero attached hydrogens (tertiary/aromatic N) is 2. The van der Waals surface area contributed by atoms with Crippen molar-refractivity contribution in [2.45, 2.75) is 13.0 Å². The van der Waals surface area contributed by atoms with Crippen molar-refractivity contribution in [3.8, 4) is 0 Å². The number of aromatic nitrogens is 2. The smallest absolute Gasteiger partial charge is 0.0749 e. The third-order valence-electron chi connectivity index (χ3n) is 2.30. The van der Waals surface area contributed by atoms with Crippen LogP contribution in [-0.4, -0.2) is 15.2 Å². The molecule has 16 heavy (non-hydrogen) atoms. The van der Waals surface area contributed by atoms with Crippen molar-refractivity contribution >= 4 is 17.0 Å². The lowest BCUT2D eigenvalue weighted by molar-refractivity contribution is 0.147. The minimum atomic E-state index is 0. The molecular formula is C11H14BrN3O. The van der Waals surface area contributed by atoms with Gasteiger partial charge in [0.1, 0.15) is 0 Å². The highest BCUT2D eigenvalue weighted by molar-refractivity contribution is 8.93. The largest absolute Gasteiger partial charge is 0.412 e. The van der Waals surface area contributed by atoms with E-state index in [-0.39, 0.29) is 17.0 Å². The molecule has 0 aliphatic rings. The fourth-order valence-electron chi connectivity index (χ4n) is 1.54. The fraction of sp³-hybridized carbons (Fsp3) is 0.182. The van der Waals surface area contributed by atoms with Crippen molar-refractivity contribution in [1.82, 2.24) is 9.94 Å². The van der Waals surface area contributed by atoms with Crippen molar-refractivity contribution in [2.75, 3.05) is 0 Å². The number of hydrogen-bond acceptors (Lipinski definition) is 3. The molecule has 0 unspecified atom stereocenters. The molecule has 0 amide bonds. The maximum Gasteiger partial charge on any atom is 0.0749 e. The van der Waals surface area contributed by atoms with Crippen LogP contribution in [0.15, 0.2) is 36.5 Å². The molecule has 0 spiro atoms. The molecular weight excluding hydrogens is 270 g/mol. The number of nitrogens with two attached hydrogens (primary N) is 1. The Hall–Kier alpha value is -1.33. The van der Waals surface area contributed by atoms with Gasteiger partial charge in [-0.3, -0.25) is 0 Å². The van der Waals surface area contributed by atoms with Gasteiger partial charge < -0.3 is 10.9 Å². The Bertz CT molecular complexity index is 442. The number of rotatable bonds is 3. The monoisotopic (exact) mass is 283 g/mol. The van der Waals surface area contributed by atoms with Gasteiger partial charge in [0, 0.05) is 18.5 Å². The Balaban J connectivity index is 0.00000128. The molecule has 0 atom stereocenters. The SMILES string of the molecule is Br.NCc1cn(O)nc1Cc1ccccc1. The van der Waals surface area contributed by atoms with Gasteiger partial charge >= 0.3 is 0 Å². The van der Waals surface area contributed by atoms with Gasteiger partial charge in [-0.1, -0.05) is 30.3 Å². The maximum atomic E-state index is 9.19. The van der Waals surface area contributed by atoms with E-state index in [2.05, 4.69) is 5.10 Å². The van der Waals surface area contributed by atoms with Crippen LogP contribution in [-0.2, 0) is 13.0 Å². The minimum Gasteiger partial charge on any atom is -0.412 e.